The minimum absolute atomic E-state index is 0.0905. The smallest absolute Gasteiger partial charge is 0.338 e. The summed E-state index contributed by atoms with van der Waals surface area (Å²) in [4.78, 5) is 37.4. The Balaban J connectivity index is 1.57. The van der Waals surface area contributed by atoms with Crippen LogP contribution in [0.1, 0.15) is 34.3 Å². The molecular formula is C22H20N2O6. The fourth-order valence-corrected chi connectivity index (χ4v) is 3.71. The van der Waals surface area contributed by atoms with Gasteiger partial charge in [-0.3, -0.25) is 10.1 Å². The molecule has 8 heteroatoms. The zero-order valence-electron chi connectivity index (χ0n) is 16.4. The van der Waals surface area contributed by atoms with Gasteiger partial charge in [0.05, 0.1) is 10.5 Å². The lowest BCUT2D eigenvalue weighted by atomic mass is 10.1. The van der Waals surface area contributed by atoms with E-state index in [4.69, 9.17) is 9.15 Å². The zero-order chi connectivity index (χ0) is 21.3. The van der Waals surface area contributed by atoms with Crippen LogP contribution in [0.3, 0.4) is 0 Å². The molecule has 1 aliphatic rings. The molecule has 0 saturated carbocycles. The van der Waals surface area contributed by atoms with Crippen LogP contribution in [-0.2, 0) is 11.3 Å². The van der Waals surface area contributed by atoms with Crippen molar-refractivity contribution < 1.29 is 18.9 Å². The van der Waals surface area contributed by atoms with E-state index in [0.29, 0.717) is 22.2 Å². The number of hydrogen-bond acceptors (Lipinski definition) is 7. The maximum Gasteiger partial charge on any atom is 0.338 e. The standard InChI is InChI=1S/C22H20N2O6/c1-14-4-6-17-16(12-21(25)30-20(17)10-14)13-29-22(26)15-5-7-18(19(11-15)24(27)28)23-8-2-3-9-23/h4-7,10-12H,2-3,8-9,13H2,1H3. The molecule has 0 amide bonds. The topological polar surface area (TPSA) is 103 Å². The van der Waals surface area contributed by atoms with Gasteiger partial charge < -0.3 is 14.1 Å². The highest BCUT2D eigenvalue weighted by atomic mass is 16.6. The molecule has 154 valence electrons. The van der Waals surface area contributed by atoms with Crippen LogP contribution in [-0.4, -0.2) is 24.0 Å². The van der Waals surface area contributed by atoms with Gasteiger partial charge in [0.15, 0.2) is 0 Å². The van der Waals surface area contributed by atoms with E-state index in [9.17, 15) is 19.7 Å². The highest BCUT2D eigenvalue weighted by Gasteiger charge is 2.24. The number of nitrogens with zero attached hydrogens (tertiary/aromatic N) is 2. The van der Waals surface area contributed by atoms with E-state index in [1.807, 2.05) is 17.9 Å². The molecule has 0 aliphatic carbocycles. The van der Waals surface area contributed by atoms with E-state index in [-0.39, 0.29) is 17.9 Å². The molecule has 0 spiro atoms. The Hall–Kier alpha value is -3.68. The van der Waals surface area contributed by atoms with Crippen LogP contribution in [0.15, 0.2) is 51.7 Å². The van der Waals surface area contributed by atoms with Gasteiger partial charge in [-0.05, 0) is 43.5 Å². The number of nitro groups is 1. The second-order valence-corrected chi connectivity index (χ2v) is 7.32. The van der Waals surface area contributed by atoms with Crippen LogP contribution in [0.4, 0.5) is 11.4 Å². The van der Waals surface area contributed by atoms with E-state index in [1.165, 1.54) is 18.2 Å². The summed E-state index contributed by atoms with van der Waals surface area (Å²) in [5.74, 6) is -0.695. The minimum atomic E-state index is -0.695. The number of anilines is 1. The van der Waals surface area contributed by atoms with Gasteiger partial charge in [-0.2, -0.15) is 0 Å². The Morgan fingerprint density at radius 2 is 1.93 bits per heavy atom. The lowest BCUT2D eigenvalue weighted by molar-refractivity contribution is -0.384. The van der Waals surface area contributed by atoms with E-state index in [2.05, 4.69) is 0 Å². The molecule has 1 aliphatic heterocycles. The maximum atomic E-state index is 12.5. The third-order valence-corrected chi connectivity index (χ3v) is 5.20. The Kier molecular flexibility index (Phi) is 5.22. The summed E-state index contributed by atoms with van der Waals surface area (Å²) in [7, 11) is 0. The summed E-state index contributed by atoms with van der Waals surface area (Å²) in [6.45, 7) is 3.25. The molecule has 2 heterocycles. The van der Waals surface area contributed by atoms with Gasteiger partial charge in [0.2, 0.25) is 0 Å². The third kappa shape index (κ3) is 3.89. The molecule has 0 bridgehead atoms. The zero-order valence-corrected chi connectivity index (χ0v) is 16.4. The van der Waals surface area contributed by atoms with Crippen molar-refractivity contribution in [2.75, 3.05) is 18.0 Å². The van der Waals surface area contributed by atoms with Gasteiger partial charge >= 0.3 is 11.6 Å². The first kappa shape index (κ1) is 19.6. The largest absolute Gasteiger partial charge is 0.457 e. The van der Waals surface area contributed by atoms with E-state index >= 15 is 0 Å². The van der Waals surface area contributed by atoms with Gasteiger partial charge in [-0.1, -0.05) is 12.1 Å². The van der Waals surface area contributed by atoms with E-state index in [1.54, 1.807) is 18.2 Å². The predicted octanol–water partition coefficient (Wildman–Crippen LogP) is 3.97. The normalized spacial score (nSPS) is 13.6. The van der Waals surface area contributed by atoms with Crippen LogP contribution in [0.2, 0.25) is 0 Å². The molecule has 1 fully saturated rings. The van der Waals surface area contributed by atoms with Gasteiger partial charge in [-0.15, -0.1) is 0 Å². The first-order valence-corrected chi connectivity index (χ1v) is 9.66. The van der Waals surface area contributed by atoms with Crippen LogP contribution < -0.4 is 10.5 Å². The summed E-state index contributed by atoms with van der Waals surface area (Å²) in [5.41, 5.74) is 1.81. The number of rotatable bonds is 5. The van der Waals surface area contributed by atoms with E-state index in [0.717, 1.165) is 31.5 Å². The van der Waals surface area contributed by atoms with Crippen molar-refractivity contribution in [1.82, 2.24) is 0 Å². The number of carbonyl (C=O) groups is 1. The SMILES string of the molecule is Cc1ccc2c(COC(=O)c3ccc(N4CCCC4)c([N+](=O)[O-])c3)cc(=O)oc2c1. The van der Waals surface area contributed by atoms with Crippen molar-refractivity contribution in [3.63, 3.8) is 0 Å². The summed E-state index contributed by atoms with van der Waals surface area (Å²) < 4.78 is 10.6. The molecule has 2 aromatic carbocycles. The maximum absolute atomic E-state index is 12.5. The average molecular weight is 408 g/mol. The molecule has 8 nitrogen and oxygen atoms in total. The summed E-state index contributed by atoms with van der Waals surface area (Å²) in [5, 5.41) is 12.2. The highest BCUT2D eigenvalue weighted by molar-refractivity contribution is 5.91. The number of nitro benzene ring substituents is 1. The molecule has 4 rings (SSSR count). The Labute approximate surface area is 171 Å². The molecule has 0 N–H and O–H groups in total. The van der Waals surface area contributed by atoms with Crippen molar-refractivity contribution in [2.24, 2.45) is 0 Å². The number of esters is 1. The number of aryl methyl sites for hydroxylation is 1. The molecule has 0 unspecified atom stereocenters. The number of benzene rings is 2. The number of ether oxygens (including phenoxy) is 1. The van der Waals surface area contributed by atoms with Crippen molar-refractivity contribution in [3.05, 3.63) is 79.7 Å². The minimum Gasteiger partial charge on any atom is -0.457 e. The van der Waals surface area contributed by atoms with Crippen molar-refractivity contribution in [1.29, 1.82) is 0 Å². The first-order chi connectivity index (χ1) is 14.4. The lowest BCUT2D eigenvalue weighted by Crippen LogP contribution is -2.19. The Morgan fingerprint density at radius 1 is 1.17 bits per heavy atom. The monoisotopic (exact) mass is 408 g/mol. The Bertz CT molecular complexity index is 1190. The van der Waals surface area contributed by atoms with Gasteiger partial charge in [0.1, 0.15) is 17.9 Å². The van der Waals surface area contributed by atoms with Crippen LogP contribution >= 0.6 is 0 Å². The van der Waals surface area contributed by atoms with Crippen LogP contribution in [0.25, 0.3) is 11.0 Å². The second-order valence-electron chi connectivity index (χ2n) is 7.32. The van der Waals surface area contributed by atoms with Crippen LogP contribution in [0.5, 0.6) is 0 Å². The van der Waals surface area contributed by atoms with Crippen LogP contribution in [0, 0.1) is 17.0 Å². The molecule has 0 radical (unpaired) electrons. The molecular weight excluding hydrogens is 388 g/mol. The summed E-state index contributed by atoms with van der Waals surface area (Å²) >= 11 is 0. The van der Waals surface area contributed by atoms with Gasteiger partial charge in [0, 0.05) is 36.2 Å². The number of hydrogen-bond donors (Lipinski definition) is 0. The molecule has 1 saturated heterocycles. The second kappa shape index (κ2) is 7.98. The fourth-order valence-electron chi connectivity index (χ4n) is 3.71. The van der Waals surface area contributed by atoms with Crippen molar-refractivity contribution in [3.8, 4) is 0 Å². The quantitative estimate of drug-likeness (QED) is 0.272. The third-order valence-electron chi connectivity index (χ3n) is 5.20. The summed E-state index contributed by atoms with van der Waals surface area (Å²) in [6, 6.07) is 11.1. The lowest BCUT2D eigenvalue weighted by Gasteiger charge is -2.17. The average Bonchev–Trinajstić information content (AvgIpc) is 3.25. The molecule has 0 atom stereocenters. The summed E-state index contributed by atoms with van der Waals surface area (Å²) in [6.07, 6.45) is 1.97. The Morgan fingerprint density at radius 3 is 2.67 bits per heavy atom. The van der Waals surface area contributed by atoms with Crippen molar-refractivity contribution >= 4 is 28.3 Å². The van der Waals surface area contributed by atoms with Crippen molar-refractivity contribution in [2.45, 2.75) is 26.4 Å². The molecule has 1 aromatic heterocycles. The fraction of sp³-hybridized carbons (Fsp3) is 0.273. The molecule has 30 heavy (non-hydrogen) atoms. The predicted molar refractivity (Wildman–Crippen MR) is 111 cm³/mol. The number of fused-ring (bicyclic) bond motifs is 1. The van der Waals surface area contributed by atoms with E-state index < -0.39 is 16.5 Å². The molecule has 3 aromatic rings. The highest BCUT2D eigenvalue weighted by Crippen LogP contribution is 2.32. The first-order valence-electron chi connectivity index (χ1n) is 9.66. The number of carbonyl (C=O) groups excluding carboxylic acids is 1. The van der Waals surface area contributed by atoms with Gasteiger partial charge in [0.25, 0.3) is 5.69 Å². The van der Waals surface area contributed by atoms with Gasteiger partial charge in [-0.25, -0.2) is 9.59 Å².